The summed E-state index contributed by atoms with van der Waals surface area (Å²) in [5, 5.41) is 5.00. The highest BCUT2D eigenvalue weighted by Gasteiger charge is 2.23. The molecule has 0 bridgehead atoms. The Hall–Kier alpha value is -1.62. The van der Waals surface area contributed by atoms with E-state index in [2.05, 4.69) is 5.16 Å². The molecule has 0 atom stereocenters. The maximum Gasteiger partial charge on any atom is 0.230 e. The van der Waals surface area contributed by atoms with Crippen LogP contribution in [0.3, 0.4) is 0 Å². The summed E-state index contributed by atoms with van der Waals surface area (Å²) in [5.41, 5.74) is 7.24. The molecule has 4 nitrogen and oxygen atoms in total. The standard InChI is InChI=1S/C13H7Cl3N2O2/c14-6-2-1-3-7(15)10(6)11-12(18-20-13(11)17)8-4-5-9(16)19-8/h1-5H,17H2. The average molecular weight is 330 g/mol. The number of nitrogens with zero attached hydrogens (tertiary/aromatic N) is 1. The number of hydrogen-bond donors (Lipinski definition) is 1. The molecule has 2 N–H and O–H groups in total. The molecule has 20 heavy (non-hydrogen) atoms. The minimum Gasteiger partial charge on any atom is -0.443 e. The summed E-state index contributed by atoms with van der Waals surface area (Å²) in [6.45, 7) is 0. The number of furan rings is 1. The van der Waals surface area contributed by atoms with Crippen LogP contribution in [-0.2, 0) is 0 Å². The molecular weight excluding hydrogens is 323 g/mol. The summed E-state index contributed by atoms with van der Waals surface area (Å²) in [4.78, 5) is 0. The number of rotatable bonds is 2. The molecule has 0 unspecified atom stereocenters. The second-order valence-electron chi connectivity index (χ2n) is 3.97. The van der Waals surface area contributed by atoms with Gasteiger partial charge in [-0.2, -0.15) is 0 Å². The van der Waals surface area contributed by atoms with Crippen LogP contribution >= 0.6 is 34.8 Å². The van der Waals surface area contributed by atoms with E-state index < -0.39 is 0 Å². The summed E-state index contributed by atoms with van der Waals surface area (Å²) in [6, 6.07) is 8.40. The molecule has 0 amide bonds. The lowest BCUT2D eigenvalue weighted by Crippen LogP contribution is -1.89. The van der Waals surface area contributed by atoms with Crippen LogP contribution in [0.25, 0.3) is 22.6 Å². The van der Waals surface area contributed by atoms with Gasteiger partial charge in [0.15, 0.2) is 16.7 Å². The lowest BCUT2D eigenvalue weighted by Gasteiger charge is -2.06. The van der Waals surface area contributed by atoms with Gasteiger partial charge in [-0.15, -0.1) is 0 Å². The monoisotopic (exact) mass is 328 g/mol. The third kappa shape index (κ3) is 2.16. The zero-order valence-electron chi connectivity index (χ0n) is 9.86. The third-order valence-electron chi connectivity index (χ3n) is 2.74. The summed E-state index contributed by atoms with van der Waals surface area (Å²) in [7, 11) is 0. The van der Waals surface area contributed by atoms with E-state index in [-0.39, 0.29) is 11.1 Å². The smallest absolute Gasteiger partial charge is 0.230 e. The number of hydrogen-bond acceptors (Lipinski definition) is 4. The fourth-order valence-corrected chi connectivity index (χ4v) is 2.62. The third-order valence-corrected chi connectivity index (χ3v) is 3.57. The first kappa shape index (κ1) is 13.4. The van der Waals surface area contributed by atoms with Crippen molar-refractivity contribution < 1.29 is 8.94 Å². The second-order valence-corrected chi connectivity index (χ2v) is 5.16. The van der Waals surface area contributed by atoms with Gasteiger partial charge < -0.3 is 14.7 Å². The van der Waals surface area contributed by atoms with E-state index in [0.717, 1.165) is 0 Å². The first-order valence-electron chi connectivity index (χ1n) is 5.53. The van der Waals surface area contributed by atoms with Crippen molar-refractivity contribution in [1.82, 2.24) is 5.16 Å². The van der Waals surface area contributed by atoms with Crippen LogP contribution in [-0.4, -0.2) is 5.16 Å². The van der Waals surface area contributed by atoms with Gasteiger partial charge in [0.05, 0.1) is 15.6 Å². The Kier molecular flexibility index (Phi) is 3.38. The topological polar surface area (TPSA) is 65.2 Å². The number of nitrogens with two attached hydrogens (primary N) is 1. The molecule has 0 spiro atoms. The maximum absolute atomic E-state index is 6.19. The van der Waals surface area contributed by atoms with Gasteiger partial charge in [0.2, 0.25) is 5.88 Å². The number of halogens is 3. The maximum atomic E-state index is 6.19. The normalized spacial score (nSPS) is 10.9. The lowest BCUT2D eigenvalue weighted by molar-refractivity contribution is 0.436. The van der Waals surface area contributed by atoms with E-state index in [1.807, 2.05) is 0 Å². The molecule has 3 aromatic rings. The molecule has 7 heteroatoms. The molecule has 0 radical (unpaired) electrons. The zero-order valence-corrected chi connectivity index (χ0v) is 12.1. The minimum absolute atomic E-state index is 0.0996. The van der Waals surface area contributed by atoms with Crippen LogP contribution in [0.15, 0.2) is 39.3 Å². The first-order chi connectivity index (χ1) is 9.58. The quantitative estimate of drug-likeness (QED) is 0.706. The van der Waals surface area contributed by atoms with Gasteiger partial charge in [0.1, 0.15) is 0 Å². The summed E-state index contributed by atoms with van der Waals surface area (Å²) in [5.74, 6) is 0.518. The van der Waals surface area contributed by atoms with E-state index >= 15 is 0 Å². The van der Waals surface area contributed by atoms with Crippen LogP contribution < -0.4 is 5.73 Å². The summed E-state index contributed by atoms with van der Waals surface area (Å²) < 4.78 is 10.4. The first-order valence-corrected chi connectivity index (χ1v) is 6.66. The van der Waals surface area contributed by atoms with Crippen molar-refractivity contribution in [1.29, 1.82) is 0 Å². The van der Waals surface area contributed by atoms with Crippen LogP contribution in [0.4, 0.5) is 5.88 Å². The molecule has 0 aliphatic heterocycles. The van der Waals surface area contributed by atoms with E-state index in [4.69, 9.17) is 49.5 Å². The Balaban J connectivity index is 2.27. The molecule has 0 saturated heterocycles. The number of aromatic nitrogens is 1. The average Bonchev–Trinajstić information content (AvgIpc) is 2.97. The lowest BCUT2D eigenvalue weighted by atomic mass is 10.0. The summed E-state index contributed by atoms with van der Waals surface area (Å²) >= 11 is 18.2. The minimum atomic E-state index is 0.0996. The number of benzene rings is 1. The van der Waals surface area contributed by atoms with Crippen LogP contribution in [0.2, 0.25) is 15.3 Å². The van der Waals surface area contributed by atoms with Gasteiger partial charge in [-0.3, -0.25) is 0 Å². The van der Waals surface area contributed by atoms with E-state index in [1.54, 1.807) is 30.3 Å². The highest BCUT2D eigenvalue weighted by molar-refractivity contribution is 6.39. The van der Waals surface area contributed by atoms with Crippen LogP contribution in [0.1, 0.15) is 0 Å². The van der Waals surface area contributed by atoms with Gasteiger partial charge in [-0.05, 0) is 35.9 Å². The largest absolute Gasteiger partial charge is 0.443 e. The van der Waals surface area contributed by atoms with Crippen molar-refractivity contribution in [2.45, 2.75) is 0 Å². The fourth-order valence-electron chi connectivity index (χ4n) is 1.89. The molecule has 1 aromatic carbocycles. The van der Waals surface area contributed by atoms with Crippen molar-refractivity contribution in [3.05, 3.63) is 45.6 Å². The van der Waals surface area contributed by atoms with Gasteiger partial charge in [0, 0.05) is 5.56 Å². The Morgan fingerprint density at radius 2 is 1.65 bits per heavy atom. The van der Waals surface area contributed by atoms with Crippen molar-refractivity contribution in [2.24, 2.45) is 0 Å². The van der Waals surface area contributed by atoms with Crippen LogP contribution in [0, 0.1) is 0 Å². The van der Waals surface area contributed by atoms with Gasteiger partial charge in [0.25, 0.3) is 0 Å². The molecular formula is C13H7Cl3N2O2. The van der Waals surface area contributed by atoms with Crippen LogP contribution in [0.5, 0.6) is 0 Å². The van der Waals surface area contributed by atoms with Gasteiger partial charge >= 0.3 is 0 Å². The highest BCUT2D eigenvalue weighted by atomic mass is 35.5. The zero-order chi connectivity index (χ0) is 14.3. The predicted molar refractivity (Wildman–Crippen MR) is 79.1 cm³/mol. The molecule has 0 saturated carbocycles. The van der Waals surface area contributed by atoms with E-state index in [9.17, 15) is 0 Å². The fraction of sp³-hybridized carbons (Fsp3) is 0. The Labute approximate surface area is 129 Å². The Morgan fingerprint density at radius 3 is 2.25 bits per heavy atom. The van der Waals surface area contributed by atoms with E-state index in [1.165, 1.54) is 0 Å². The second kappa shape index (κ2) is 5.05. The van der Waals surface area contributed by atoms with Gasteiger partial charge in [-0.25, -0.2) is 0 Å². The number of anilines is 1. The summed E-state index contributed by atoms with van der Waals surface area (Å²) in [6.07, 6.45) is 0. The molecule has 0 fully saturated rings. The Morgan fingerprint density at radius 1 is 0.950 bits per heavy atom. The van der Waals surface area contributed by atoms with Gasteiger partial charge in [-0.1, -0.05) is 34.4 Å². The molecule has 0 aliphatic rings. The van der Waals surface area contributed by atoms with Crippen molar-refractivity contribution in [3.63, 3.8) is 0 Å². The molecule has 102 valence electrons. The Bertz CT molecular complexity index is 760. The SMILES string of the molecule is Nc1onc(-c2ccc(Cl)o2)c1-c1c(Cl)cccc1Cl. The van der Waals surface area contributed by atoms with E-state index in [0.29, 0.717) is 32.6 Å². The van der Waals surface area contributed by atoms with Crippen molar-refractivity contribution >= 4 is 40.7 Å². The molecule has 2 aromatic heterocycles. The van der Waals surface area contributed by atoms with Crippen molar-refractivity contribution in [2.75, 3.05) is 5.73 Å². The molecule has 2 heterocycles. The number of nitrogen functional groups attached to an aromatic ring is 1. The predicted octanol–water partition coefficient (Wildman–Crippen LogP) is 5.14. The van der Waals surface area contributed by atoms with Crippen molar-refractivity contribution in [3.8, 4) is 22.6 Å². The molecule has 0 aliphatic carbocycles. The highest BCUT2D eigenvalue weighted by Crippen LogP contribution is 2.43. The molecule has 3 rings (SSSR count).